The van der Waals surface area contributed by atoms with E-state index >= 15 is 4.39 Å². The average molecular weight is 1150 g/mol. The summed E-state index contributed by atoms with van der Waals surface area (Å²) < 4.78 is 73.1. The second kappa shape index (κ2) is 28.6. The minimum absolute atomic E-state index is 0.0836. The van der Waals surface area contributed by atoms with Gasteiger partial charge in [-0.2, -0.15) is 0 Å². The summed E-state index contributed by atoms with van der Waals surface area (Å²) in [5.74, 6) is -4.00. The van der Waals surface area contributed by atoms with Crippen LogP contribution in [0.4, 0.5) is 4.39 Å². The fraction of sp³-hybridized carbons (Fsp3) is 0.746. The number of oxime groups is 1. The summed E-state index contributed by atoms with van der Waals surface area (Å²) in [7, 11) is 7.94. The Kier molecular flexibility index (Phi) is 23.3. The van der Waals surface area contributed by atoms with Crippen molar-refractivity contribution in [3.05, 3.63) is 65.7 Å². The van der Waals surface area contributed by atoms with Crippen LogP contribution in [0.2, 0.25) is 0 Å². The Hall–Kier alpha value is -4.14. The predicted octanol–water partition coefficient (Wildman–Crippen LogP) is 6.32. The zero-order chi connectivity index (χ0) is 59.7. The summed E-state index contributed by atoms with van der Waals surface area (Å²) in [4.78, 5) is 26.7. The Bertz CT molecular complexity index is 2460. The number of carbonyl (C=O) groups excluding carboxylic acids is 1. The van der Waals surface area contributed by atoms with E-state index in [2.05, 4.69) is 20.5 Å². The number of rotatable bonds is 20. The third-order valence-electron chi connectivity index (χ3n) is 17.4. The molecule has 81 heavy (non-hydrogen) atoms. The number of likely N-dealkylation sites (N-methyl/N-ethyl adjacent to an activating group) is 1. The number of benzene rings is 1. The summed E-state index contributed by atoms with van der Waals surface area (Å²) in [5, 5.41) is 61.1. The summed E-state index contributed by atoms with van der Waals surface area (Å²) in [6.45, 7) is 18.9. The summed E-state index contributed by atoms with van der Waals surface area (Å²) in [6.07, 6.45) is -6.36. The zero-order valence-corrected chi connectivity index (χ0v) is 50.4. The number of cyclic esters (lactones) is 1. The quantitative estimate of drug-likeness (QED) is 0.0418. The molecule has 20 atom stereocenters. The van der Waals surface area contributed by atoms with E-state index in [9.17, 15) is 25.2 Å². The molecule has 456 valence electrons. The lowest BCUT2D eigenvalue weighted by Crippen LogP contribution is -2.61. The monoisotopic (exact) mass is 1140 g/mol. The number of aryl methyl sites for hydroxylation is 1. The predicted molar refractivity (Wildman–Crippen MR) is 298 cm³/mol. The van der Waals surface area contributed by atoms with Crippen LogP contribution >= 0.6 is 0 Å². The standard InChI is InChI=1S/C59H93FN6O15/c1-17-46-59(11,71)52(68)36(5)48(63-76-32-72-13)33(2)27-58(10,75-16)54(37(6)50(38(7)55(70)79-46)80-47-28-57(9,74-15)53(69)39(8)78-47)81-56-49(67)44(26-35(4)77-56)65(12)25-24-43-31-66(64-62-43)45(29-60)51(73-14)41-22-20-40(21-23-41)42-19-18-34(3)61-30-42/h18-23,30-31,33,35-39,44-47,49-54,56,67-69,71H,17,24-29,32H2,1-16H3/b63-48+/t33-,35-,36+,37+,38-,39+,44+,45-,46-,47+,49-,50+,51-,52-,53+,54-,56+,57-,58-,59-/m1/s1. The molecule has 0 aliphatic carbocycles. The van der Waals surface area contributed by atoms with Gasteiger partial charge in [-0.3, -0.25) is 9.78 Å². The number of aliphatic hydroxyl groups excluding tert-OH is 3. The molecule has 6 rings (SSSR count). The van der Waals surface area contributed by atoms with Crippen LogP contribution in [-0.2, 0) is 58.7 Å². The maximum Gasteiger partial charge on any atom is 0.311 e. The van der Waals surface area contributed by atoms with E-state index in [4.69, 9.17) is 47.5 Å². The van der Waals surface area contributed by atoms with Gasteiger partial charge in [0.1, 0.15) is 42.7 Å². The first-order chi connectivity index (χ1) is 38.3. The fourth-order valence-electron chi connectivity index (χ4n) is 12.2. The lowest BCUT2D eigenvalue weighted by molar-refractivity contribution is -0.319. The number of alkyl halides is 1. The fourth-order valence-corrected chi connectivity index (χ4v) is 12.2. The van der Waals surface area contributed by atoms with Gasteiger partial charge in [-0.05, 0) is 92.0 Å². The number of aromatic nitrogens is 4. The molecule has 4 N–H and O–H groups in total. The van der Waals surface area contributed by atoms with Crippen LogP contribution in [0.15, 0.2) is 53.9 Å². The van der Waals surface area contributed by atoms with Gasteiger partial charge < -0.3 is 72.8 Å². The number of aliphatic hydroxyl groups is 4. The van der Waals surface area contributed by atoms with Gasteiger partial charge >= 0.3 is 5.97 Å². The molecule has 0 spiro atoms. The van der Waals surface area contributed by atoms with Crippen LogP contribution in [0.3, 0.4) is 0 Å². The number of ether oxygens (including phenoxy) is 9. The molecule has 21 nitrogen and oxygen atoms in total. The van der Waals surface area contributed by atoms with Crippen molar-refractivity contribution < 1.29 is 77.1 Å². The van der Waals surface area contributed by atoms with Gasteiger partial charge in [0.05, 0.1) is 59.0 Å². The number of carbonyl (C=O) groups is 1. The molecule has 0 radical (unpaired) electrons. The van der Waals surface area contributed by atoms with Crippen molar-refractivity contribution in [3.63, 3.8) is 0 Å². The number of hydrogen-bond acceptors (Lipinski definition) is 20. The SMILES string of the molecule is CC[C@H]1OC(=O)[C@H](C)[C@@H](O[C@H]2C[C@@](C)(OC)[C@@H](O)[C@H](C)O2)[C@H](C)[C@@H](O[C@@H]2O[C@H](C)C[C@H](N(C)CCc3cn([C@H](CF)[C@H](OC)c4ccc(-c5ccc(C)nc5)cc4)nn3)[C@H]2O)[C@](C)(OC)C[C@@H](C)/C(=N\OCOC)[C@H](C)[C@@H](O)[C@]1(C)O. The van der Waals surface area contributed by atoms with E-state index in [0.717, 1.165) is 22.4 Å². The third-order valence-corrected chi connectivity index (χ3v) is 17.4. The maximum atomic E-state index is 15.0. The summed E-state index contributed by atoms with van der Waals surface area (Å²) >= 11 is 0. The lowest BCUT2D eigenvalue weighted by Gasteiger charge is -2.50. The smallest absolute Gasteiger partial charge is 0.311 e. The van der Waals surface area contributed by atoms with Crippen LogP contribution in [0.25, 0.3) is 11.1 Å². The Labute approximate surface area is 478 Å². The van der Waals surface area contributed by atoms with Crippen molar-refractivity contribution in [1.82, 2.24) is 24.9 Å². The molecule has 3 aliphatic heterocycles. The molecule has 22 heteroatoms. The highest BCUT2D eigenvalue weighted by atomic mass is 19.1. The number of hydrogen-bond donors (Lipinski definition) is 4. The number of esters is 1. The Morgan fingerprint density at radius 3 is 2.19 bits per heavy atom. The number of nitrogens with zero attached hydrogens (tertiary/aromatic N) is 6. The minimum Gasteiger partial charge on any atom is -0.459 e. The molecule has 0 unspecified atom stereocenters. The van der Waals surface area contributed by atoms with E-state index in [1.807, 2.05) is 89.2 Å². The van der Waals surface area contributed by atoms with Gasteiger partial charge in [-0.15, -0.1) is 5.10 Å². The van der Waals surface area contributed by atoms with Crippen molar-refractivity contribution in [2.75, 3.05) is 55.5 Å². The van der Waals surface area contributed by atoms with Crippen LogP contribution < -0.4 is 0 Å². The molecule has 3 saturated heterocycles. The second-order valence-corrected chi connectivity index (χ2v) is 23.4. The van der Waals surface area contributed by atoms with Crippen LogP contribution in [0, 0.1) is 30.6 Å². The molecule has 0 amide bonds. The van der Waals surface area contributed by atoms with E-state index in [0.29, 0.717) is 30.8 Å². The molecule has 0 saturated carbocycles. The lowest BCUT2D eigenvalue weighted by atomic mass is 9.73. The zero-order valence-electron chi connectivity index (χ0n) is 50.4. The average Bonchev–Trinajstić information content (AvgIpc) is 3.95. The molecule has 3 aromatic rings. The summed E-state index contributed by atoms with van der Waals surface area (Å²) in [5.41, 5.74) is 0.240. The molecule has 5 heterocycles. The van der Waals surface area contributed by atoms with Gasteiger partial charge in [0.15, 0.2) is 12.6 Å². The molecule has 3 aliphatic rings. The summed E-state index contributed by atoms with van der Waals surface area (Å²) in [6, 6.07) is 10.4. The van der Waals surface area contributed by atoms with E-state index in [-0.39, 0.29) is 26.1 Å². The third kappa shape index (κ3) is 15.2. The molecule has 1 aromatic carbocycles. The molecule has 3 fully saturated rings. The molecule has 2 aromatic heterocycles. The normalized spacial score (nSPS) is 36.9. The Morgan fingerprint density at radius 1 is 0.901 bits per heavy atom. The van der Waals surface area contributed by atoms with Crippen molar-refractivity contribution in [2.45, 2.75) is 205 Å². The second-order valence-electron chi connectivity index (χ2n) is 23.4. The minimum atomic E-state index is -1.97. The number of halogens is 1. The van der Waals surface area contributed by atoms with E-state index < -0.39 is 133 Å². The van der Waals surface area contributed by atoms with Crippen molar-refractivity contribution in [2.24, 2.45) is 28.8 Å². The van der Waals surface area contributed by atoms with Gasteiger partial charge in [-0.1, -0.05) is 68.4 Å². The largest absolute Gasteiger partial charge is 0.459 e. The topological polar surface area (TPSA) is 249 Å². The first-order valence-electron chi connectivity index (χ1n) is 28.4. The highest BCUT2D eigenvalue weighted by molar-refractivity contribution is 5.88. The molecule has 0 bridgehead atoms. The van der Waals surface area contributed by atoms with Gasteiger partial charge in [0.2, 0.25) is 6.79 Å². The number of methoxy groups -OCH3 is 4. The molecular formula is C59H93FN6O15. The first kappa shape index (κ1) is 66.0. The van der Waals surface area contributed by atoms with Crippen LogP contribution in [0.1, 0.15) is 124 Å². The first-order valence-corrected chi connectivity index (χ1v) is 28.4. The maximum absolute atomic E-state index is 15.0. The van der Waals surface area contributed by atoms with Crippen LogP contribution in [0.5, 0.6) is 0 Å². The van der Waals surface area contributed by atoms with Crippen molar-refractivity contribution in [3.8, 4) is 11.1 Å². The Balaban J connectivity index is 1.30. The van der Waals surface area contributed by atoms with E-state index in [1.54, 1.807) is 47.9 Å². The highest BCUT2D eigenvalue weighted by Crippen LogP contribution is 2.43. The molecular weight excluding hydrogens is 1050 g/mol. The van der Waals surface area contributed by atoms with Gasteiger partial charge in [0.25, 0.3) is 0 Å². The van der Waals surface area contributed by atoms with E-state index in [1.165, 1.54) is 32.9 Å². The van der Waals surface area contributed by atoms with Crippen LogP contribution in [-0.4, -0.2) is 197 Å². The van der Waals surface area contributed by atoms with Crippen molar-refractivity contribution >= 4 is 11.7 Å². The van der Waals surface area contributed by atoms with Gasteiger partial charge in [-0.25, -0.2) is 9.07 Å². The highest BCUT2D eigenvalue weighted by Gasteiger charge is 2.54. The van der Waals surface area contributed by atoms with Crippen molar-refractivity contribution in [1.29, 1.82) is 0 Å². The Morgan fingerprint density at radius 2 is 1.58 bits per heavy atom. The number of pyridine rings is 1. The van der Waals surface area contributed by atoms with Gasteiger partial charge in [0, 0.05) is 95.3 Å².